The molecule has 0 amide bonds. The van der Waals surface area contributed by atoms with E-state index in [0.29, 0.717) is 6.54 Å². The Balaban J connectivity index is 2.41. The Kier molecular flexibility index (Phi) is 2.77. The molecule has 2 aromatic heterocycles. The van der Waals surface area contributed by atoms with Crippen LogP contribution in [-0.4, -0.2) is 4.57 Å². The molecule has 2 heterocycles. The zero-order chi connectivity index (χ0) is 10.8. The van der Waals surface area contributed by atoms with Gasteiger partial charge in [-0.3, -0.25) is 4.79 Å². The Hall–Kier alpha value is -1.29. The van der Waals surface area contributed by atoms with Gasteiger partial charge in [-0.05, 0) is 35.0 Å². The third-order valence-corrected chi connectivity index (χ3v) is 2.60. The Labute approximate surface area is 95.5 Å². The first-order valence-electron chi connectivity index (χ1n) is 4.54. The zero-order valence-corrected chi connectivity index (χ0v) is 9.82. The van der Waals surface area contributed by atoms with Crippen molar-refractivity contribution >= 4 is 15.9 Å². The molecule has 3 nitrogen and oxygen atoms in total. The second-order valence-electron chi connectivity index (χ2n) is 3.41. The molecular formula is C11H10BrNO2. The average molecular weight is 268 g/mol. The number of aromatic nitrogens is 1. The molecule has 0 unspecified atom stereocenters. The van der Waals surface area contributed by atoms with Crippen molar-refractivity contribution in [2.75, 3.05) is 0 Å². The molecule has 15 heavy (non-hydrogen) atoms. The Morgan fingerprint density at radius 1 is 1.53 bits per heavy atom. The number of pyridine rings is 1. The van der Waals surface area contributed by atoms with Gasteiger partial charge in [0.05, 0.1) is 19.1 Å². The van der Waals surface area contributed by atoms with Crippen molar-refractivity contribution in [1.29, 1.82) is 0 Å². The minimum absolute atomic E-state index is 0.0272. The lowest BCUT2D eigenvalue weighted by Crippen LogP contribution is -2.21. The van der Waals surface area contributed by atoms with Crippen LogP contribution in [0.2, 0.25) is 0 Å². The molecule has 0 N–H and O–H groups in total. The second-order valence-corrected chi connectivity index (χ2v) is 4.32. The van der Waals surface area contributed by atoms with Gasteiger partial charge < -0.3 is 8.98 Å². The predicted molar refractivity (Wildman–Crippen MR) is 60.9 cm³/mol. The molecule has 0 aliphatic carbocycles. The molecule has 4 heteroatoms. The van der Waals surface area contributed by atoms with Crippen molar-refractivity contribution < 1.29 is 4.42 Å². The van der Waals surface area contributed by atoms with Crippen molar-refractivity contribution in [2.24, 2.45) is 0 Å². The molecule has 0 saturated carbocycles. The van der Waals surface area contributed by atoms with Gasteiger partial charge in [0, 0.05) is 21.8 Å². The summed E-state index contributed by atoms with van der Waals surface area (Å²) in [4.78, 5) is 11.8. The minimum atomic E-state index is 0.0272. The minimum Gasteiger partial charge on any atom is -0.472 e. The number of halogens is 1. The van der Waals surface area contributed by atoms with Gasteiger partial charge in [-0.25, -0.2) is 0 Å². The summed E-state index contributed by atoms with van der Waals surface area (Å²) in [6.07, 6.45) is 5.02. The molecule has 0 radical (unpaired) electrons. The van der Waals surface area contributed by atoms with Crippen LogP contribution in [0, 0.1) is 6.92 Å². The molecule has 0 atom stereocenters. The zero-order valence-electron chi connectivity index (χ0n) is 8.24. The standard InChI is InChI=1S/C11H10BrNO2/c1-8-4-10(12)6-13(11(8)14)5-9-2-3-15-7-9/h2-4,6-7H,5H2,1H3. The molecule has 0 saturated heterocycles. The molecular weight excluding hydrogens is 258 g/mol. The van der Waals surface area contributed by atoms with Crippen LogP contribution in [0.15, 0.2) is 44.5 Å². The number of hydrogen-bond acceptors (Lipinski definition) is 2. The molecule has 0 aliphatic heterocycles. The van der Waals surface area contributed by atoms with Gasteiger partial charge in [-0.2, -0.15) is 0 Å². The van der Waals surface area contributed by atoms with Crippen molar-refractivity contribution in [1.82, 2.24) is 4.57 Å². The highest BCUT2D eigenvalue weighted by Crippen LogP contribution is 2.09. The van der Waals surface area contributed by atoms with Crippen LogP contribution in [-0.2, 0) is 6.54 Å². The fourth-order valence-electron chi connectivity index (χ4n) is 1.44. The van der Waals surface area contributed by atoms with E-state index in [1.54, 1.807) is 30.2 Å². The summed E-state index contributed by atoms with van der Waals surface area (Å²) in [5.41, 5.74) is 1.74. The summed E-state index contributed by atoms with van der Waals surface area (Å²) in [7, 11) is 0. The van der Waals surface area contributed by atoms with Gasteiger partial charge in [0.15, 0.2) is 0 Å². The first-order valence-corrected chi connectivity index (χ1v) is 5.34. The first kappa shape index (κ1) is 10.2. The Bertz CT molecular complexity index is 514. The molecule has 2 aromatic rings. The average Bonchev–Trinajstić information content (AvgIpc) is 2.66. The van der Waals surface area contributed by atoms with E-state index in [-0.39, 0.29) is 5.56 Å². The third-order valence-electron chi connectivity index (χ3n) is 2.16. The van der Waals surface area contributed by atoms with E-state index in [4.69, 9.17) is 4.42 Å². The highest BCUT2D eigenvalue weighted by Gasteiger charge is 2.03. The normalized spacial score (nSPS) is 10.5. The summed E-state index contributed by atoms with van der Waals surface area (Å²) >= 11 is 3.37. The quantitative estimate of drug-likeness (QED) is 0.839. The summed E-state index contributed by atoms with van der Waals surface area (Å²) in [6.45, 7) is 2.34. The van der Waals surface area contributed by atoms with Gasteiger partial charge in [0.2, 0.25) is 0 Å². The summed E-state index contributed by atoms with van der Waals surface area (Å²) < 4.78 is 7.52. The maximum Gasteiger partial charge on any atom is 0.253 e. The summed E-state index contributed by atoms with van der Waals surface area (Å²) in [5, 5.41) is 0. The molecule has 0 bridgehead atoms. The van der Waals surface area contributed by atoms with E-state index in [1.165, 1.54) is 0 Å². The van der Waals surface area contributed by atoms with E-state index in [9.17, 15) is 4.79 Å². The van der Waals surface area contributed by atoms with Crippen molar-refractivity contribution in [3.05, 3.63) is 56.8 Å². The lowest BCUT2D eigenvalue weighted by Gasteiger charge is -2.05. The van der Waals surface area contributed by atoms with Crippen LogP contribution in [0.1, 0.15) is 11.1 Å². The monoisotopic (exact) mass is 267 g/mol. The lowest BCUT2D eigenvalue weighted by molar-refractivity contribution is 0.561. The number of nitrogens with zero attached hydrogens (tertiary/aromatic N) is 1. The topological polar surface area (TPSA) is 35.1 Å². The third kappa shape index (κ3) is 2.21. The van der Waals surface area contributed by atoms with E-state index in [0.717, 1.165) is 15.6 Å². The number of furan rings is 1. The van der Waals surface area contributed by atoms with Crippen LogP contribution in [0.25, 0.3) is 0 Å². The Morgan fingerprint density at radius 2 is 2.33 bits per heavy atom. The van der Waals surface area contributed by atoms with E-state index in [2.05, 4.69) is 15.9 Å². The fourth-order valence-corrected chi connectivity index (χ4v) is 2.03. The van der Waals surface area contributed by atoms with Crippen LogP contribution in [0.4, 0.5) is 0 Å². The molecule has 0 spiro atoms. The van der Waals surface area contributed by atoms with E-state index >= 15 is 0 Å². The molecule has 0 fully saturated rings. The first-order chi connectivity index (χ1) is 7.16. The lowest BCUT2D eigenvalue weighted by atomic mass is 10.3. The Morgan fingerprint density at radius 3 is 3.00 bits per heavy atom. The molecule has 2 rings (SSSR count). The van der Waals surface area contributed by atoms with Gasteiger partial charge in [0.1, 0.15) is 0 Å². The van der Waals surface area contributed by atoms with Crippen LogP contribution >= 0.6 is 15.9 Å². The van der Waals surface area contributed by atoms with Crippen LogP contribution in [0.3, 0.4) is 0 Å². The SMILES string of the molecule is Cc1cc(Br)cn(Cc2ccoc2)c1=O. The maximum absolute atomic E-state index is 11.8. The molecule has 0 aromatic carbocycles. The van der Waals surface area contributed by atoms with Crippen LogP contribution < -0.4 is 5.56 Å². The number of aryl methyl sites for hydroxylation is 1. The summed E-state index contributed by atoms with van der Waals surface area (Å²) in [6, 6.07) is 3.66. The second kappa shape index (κ2) is 4.06. The fraction of sp³-hybridized carbons (Fsp3) is 0.182. The number of rotatable bonds is 2. The predicted octanol–water partition coefficient (Wildman–Crippen LogP) is 2.56. The maximum atomic E-state index is 11.8. The largest absolute Gasteiger partial charge is 0.472 e. The van der Waals surface area contributed by atoms with E-state index < -0.39 is 0 Å². The van der Waals surface area contributed by atoms with Gasteiger partial charge in [-0.1, -0.05) is 0 Å². The summed E-state index contributed by atoms with van der Waals surface area (Å²) in [5.74, 6) is 0. The van der Waals surface area contributed by atoms with Crippen molar-refractivity contribution in [3.63, 3.8) is 0 Å². The highest BCUT2D eigenvalue weighted by atomic mass is 79.9. The number of hydrogen-bond donors (Lipinski definition) is 0. The molecule has 78 valence electrons. The van der Waals surface area contributed by atoms with Crippen LogP contribution in [0.5, 0.6) is 0 Å². The van der Waals surface area contributed by atoms with Gasteiger partial charge in [-0.15, -0.1) is 0 Å². The highest BCUT2D eigenvalue weighted by molar-refractivity contribution is 9.10. The van der Waals surface area contributed by atoms with Crippen molar-refractivity contribution in [2.45, 2.75) is 13.5 Å². The smallest absolute Gasteiger partial charge is 0.253 e. The van der Waals surface area contributed by atoms with Crippen molar-refractivity contribution in [3.8, 4) is 0 Å². The van der Waals surface area contributed by atoms with Gasteiger partial charge >= 0.3 is 0 Å². The van der Waals surface area contributed by atoms with E-state index in [1.807, 2.05) is 12.1 Å². The van der Waals surface area contributed by atoms with Gasteiger partial charge in [0.25, 0.3) is 5.56 Å². The molecule has 0 aliphatic rings.